The van der Waals surface area contributed by atoms with Gasteiger partial charge in [0.1, 0.15) is 17.7 Å². The molecule has 10 heteroatoms. The molecule has 1 aromatic rings. The molecule has 0 fully saturated rings. The number of nitrogens with two attached hydrogens (primary N) is 1. The van der Waals surface area contributed by atoms with E-state index in [1.165, 1.54) is 13.0 Å². The Hall–Kier alpha value is -2.10. The Kier molecular flexibility index (Phi) is 5.30. The van der Waals surface area contributed by atoms with Crippen molar-refractivity contribution in [3.63, 3.8) is 0 Å². The van der Waals surface area contributed by atoms with Gasteiger partial charge in [-0.15, -0.1) is 0 Å². The lowest BCUT2D eigenvalue weighted by Gasteiger charge is -2.17. The van der Waals surface area contributed by atoms with Gasteiger partial charge >= 0.3 is 6.18 Å². The number of carbonyl (C=O) groups is 1. The molecule has 0 bridgehead atoms. The van der Waals surface area contributed by atoms with Gasteiger partial charge in [0.2, 0.25) is 11.7 Å². The number of halogens is 3. The van der Waals surface area contributed by atoms with Crippen molar-refractivity contribution in [1.82, 2.24) is 15.3 Å². The summed E-state index contributed by atoms with van der Waals surface area (Å²) >= 11 is 0. The summed E-state index contributed by atoms with van der Waals surface area (Å²) in [6.45, 7) is 5.05. The summed E-state index contributed by atoms with van der Waals surface area (Å²) in [6, 6.07) is 0.321. The molecule has 21 heavy (non-hydrogen) atoms. The first-order valence-corrected chi connectivity index (χ1v) is 6.13. The van der Waals surface area contributed by atoms with Crippen LogP contribution in [0, 0.1) is 0 Å². The van der Waals surface area contributed by atoms with Crippen LogP contribution in [0.3, 0.4) is 0 Å². The van der Waals surface area contributed by atoms with Crippen LogP contribution < -0.4 is 21.9 Å². The number of nitrogens with one attached hydrogen (secondary N) is 3. The lowest BCUT2D eigenvalue weighted by molar-refractivity contribution is -0.144. The number of nitrogens with zero attached hydrogens (tertiary/aromatic N) is 2. The minimum absolute atomic E-state index is 0.0841. The van der Waals surface area contributed by atoms with Crippen LogP contribution in [0.1, 0.15) is 26.6 Å². The largest absolute Gasteiger partial charge is 0.451 e. The van der Waals surface area contributed by atoms with E-state index in [4.69, 9.17) is 5.84 Å². The Morgan fingerprint density at radius 2 is 1.81 bits per heavy atom. The van der Waals surface area contributed by atoms with E-state index in [1.807, 2.05) is 5.43 Å². The molecule has 1 rings (SSSR count). The number of nitrogen functional groups attached to an aromatic ring is 1. The van der Waals surface area contributed by atoms with Crippen LogP contribution in [0.4, 0.5) is 24.8 Å². The fraction of sp³-hybridized carbons (Fsp3) is 0.545. The number of aromatic nitrogens is 2. The van der Waals surface area contributed by atoms with Crippen molar-refractivity contribution in [2.75, 3.05) is 10.7 Å². The van der Waals surface area contributed by atoms with Crippen LogP contribution in [0.2, 0.25) is 0 Å². The third-order valence-corrected chi connectivity index (χ3v) is 2.32. The summed E-state index contributed by atoms with van der Waals surface area (Å²) in [5.74, 6) is 2.99. The van der Waals surface area contributed by atoms with Crippen LogP contribution in [0.15, 0.2) is 6.07 Å². The van der Waals surface area contributed by atoms with Gasteiger partial charge in [0.25, 0.3) is 0 Å². The summed E-state index contributed by atoms with van der Waals surface area (Å²) < 4.78 is 38.0. The minimum Gasteiger partial charge on any atom is -0.358 e. The van der Waals surface area contributed by atoms with Crippen molar-refractivity contribution in [1.29, 1.82) is 0 Å². The van der Waals surface area contributed by atoms with Crippen LogP contribution in [-0.4, -0.2) is 28.0 Å². The Morgan fingerprint density at radius 1 is 1.24 bits per heavy atom. The van der Waals surface area contributed by atoms with Gasteiger partial charge in [0, 0.05) is 12.1 Å². The van der Waals surface area contributed by atoms with Crippen molar-refractivity contribution in [3.05, 3.63) is 11.9 Å². The maximum absolute atomic E-state index is 12.7. The van der Waals surface area contributed by atoms with Gasteiger partial charge in [-0.3, -0.25) is 4.79 Å². The van der Waals surface area contributed by atoms with Crippen molar-refractivity contribution in [3.8, 4) is 0 Å². The average molecular weight is 306 g/mol. The lowest BCUT2D eigenvalue weighted by Crippen LogP contribution is -2.41. The first-order chi connectivity index (χ1) is 9.63. The maximum atomic E-state index is 12.7. The molecule has 0 spiro atoms. The van der Waals surface area contributed by atoms with Crippen LogP contribution in [0.5, 0.6) is 0 Å². The van der Waals surface area contributed by atoms with E-state index in [1.54, 1.807) is 13.8 Å². The SMILES string of the molecule is CC(C)NC(=O)C(C)Nc1cc(NN)nc(C(F)(F)F)n1. The molecule has 5 N–H and O–H groups in total. The van der Waals surface area contributed by atoms with Crippen molar-refractivity contribution < 1.29 is 18.0 Å². The topological polar surface area (TPSA) is 105 Å². The highest BCUT2D eigenvalue weighted by Gasteiger charge is 2.35. The fourth-order valence-electron chi connectivity index (χ4n) is 1.42. The predicted molar refractivity (Wildman–Crippen MR) is 71.2 cm³/mol. The molecule has 0 aliphatic rings. The molecule has 0 aliphatic heterocycles. The second-order valence-electron chi connectivity index (χ2n) is 4.63. The second kappa shape index (κ2) is 6.57. The number of hydrazine groups is 1. The Morgan fingerprint density at radius 3 is 2.29 bits per heavy atom. The Balaban J connectivity index is 2.95. The van der Waals surface area contributed by atoms with Gasteiger partial charge in [-0.05, 0) is 20.8 Å². The quantitative estimate of drug-likeness (QED) is 0.480. The Labute approximate surface area is 119 Å². The third-order valence-electron chi connectivity index (χ3n) is 2.32. The van der Waals surface area contributed by atoms with Gasteiger partial charge in [0.15, 0.2) is 0 Å². The number of carbonyl (C=O) groups excluding carboxylic acids is 1. The zero-order valence-electron chi connectivity index (χ0n) is 11.7. The summed E-state index contributed by atoms with van der Waals surface area (Å²) in [5, 5.41) is 5.20. The first-order valence-electron chi connectivity index (χ1n) is 6.13. The second-order valence-corrected chi connectivity index (χ2v) is 4.63. The predicted octanol–water partition coefficient (Wildman–Crippen LogP) is 1.11. The van der Waals surface area contributed by atoms with Gasteiger partial charge in [0.05, 0.1) is 0 Å². The van der Waals surface area contributed by atoms with Crippen molar-refractivity contribution in [2.24, 2.45) is 5.84 Å². The zero-order valence-corrected chi connectivity index (χ0v) is 11.7. The normalized spacial score (nSPS) is 13.0. The Bertz CT molecular complexity index is 505. The van der Waals surface area contributed by atoms with E-state index >= 15 is 0 Å². The molecule has 0 saturated heterocycles. The summed E-state index contributed by atoms with van der Waals surface area (Å²) in [4.78, 5) is 18.3. The first kappa shape index (κ1) is 17.0. The van der Waals surface area contributed by atoms with E-state index in [-0.39, 0.29) is 23.6 Å². The number of hydrogen-bond acceptors (Lipinski definition) is 6. The van der Waals surface area contributed by atoms with E-state index in [2.05, 4.69) is 20.6 Å². The molecule has 7 nitrogen and oxygen atoms in total. The highest BCUT2D eigenvalue weighted by Crippen LogP contribution is 2.28. The van der Waals surface area contributed by atoms with Crippen LogP contribution in [0.25, 0.3) is 0 Å². The molecule has 1 atom stereocenters. The third kappa shape index (κ3) is 5.06. The number of rotatable bonds is 5. The molecule has 1 amide bonds. The monoisotopic (exact) mass is 306 g/mol. The zero-order chi connectivity index (χ0) is 16.2. The van der Waals surface area contributed by atoms with E-state index in [9.17, 15) is 18.0 Å². The summed E-state index contributed by atoms with van der Waals surface area (Å²) in [7, 11) is 0. The van der Waals surface area contributed by atoms with E-state index in [0.29, 0.717) is 0 Å². The van der Waals surface area contributed by atoms with Crippen LogP contribution >= 0.6 is 0 Å². The van der Waals surface area contributed by atoms with Crippen molar-refractivity contribution in [2.45, 2.75) is 39.0 Å². The molecular weight excluding hydrogens is 289 g/mol. The molecule has 0 radical (unpaired) electrons. The molecule has 1 aromatic heterocycles. The smallest absolute Gasteiger partial charge is 0.358 e. The number of amides is 1. The van der Waals surface area contributed by atoms with Crippen molar-refractivity contribution >= 4 is 17.5 Å². The average Bonchev–Trinajstić information content (AvgIpc) is 2.36. The molecular formula is C11H17F3N6O. The number of hydrogen-bond donors (Lipinski definition) is 4. The van der Waals surface area contributed by atoms with E-state index < -0.39 is 18.0 Å². The highest BCUT2D eigenvalue weighted by molar-refractivity contribution is 5.84. The summed E-state index contributed by atoms with van der Waals surface area (Å²) in [6.07, 6.45) is -4.72. The molecule has 0 aliphatic carbocycles. The molecule has 1 unspecified atom stereocenters. The van der Waals surface area contributed by atoms with Gasteiger partial charge in [-0.2, -0.15) is 13.2 Å². The molecule has 118 valence electrons. The molecule has 1 heterocycles. The molecule has 0 saturated carbocycles. The summed E-state index contributed by atoms with van der Waals surface area (Å²) in [5.41, 5.74) is 2.02. The fourth-order valence-corrected chi connectivity index (χ4v) is 1.42. The maximum Gasteiger partial charge on any atom is 0.451 e. The van der Waals surface area contributed by atoms with Gasteiger partial charge in [-0.1, -0.05) is 0 Å². The number of alkyl halides is 3. The molecule has 0 aromatic carbocycles. The van der Waals surface area contributed by atoms with Crippen LogP contribution in [-0.2, 0) is 11.0 Å². The number of anilines is 2. The highest BCUT2D eigenvalue weighted by atomic mass is 19.4. The van der Waals surface area contributed by atoms with Gasteiger partial charge in [-0.25, -0.2) is 15.8 Å². The van der Waals surface area contributed by atoms with E-state index in [0.717, 1.165) is 0 Å². The minimum atomic E-state index is -4.72. The van der Waals surface area contributed by atoms with Gasteiger partial charge < -0.3 is 16.1 Å². The lowest BCUT2D eigenvalue weighted by atomic mass is 10.3. The standard InChI is InChI=1S/C11H17F3N6O/c1-5(2)16-9(21)6(3)17-7-4-8(20-15)19-10(18-7)11(12,13)14/h4-6H,15H2,1-3H3,(H,16,21)(H2,17,18,19,20).